The number of halogens is 1. The SMILES string of the molecule is O=C(Cc1ccccc1)N=C1SC2CS(=O)(=O)CC2N1Cc1ccc(Cl)cc1. The molecule has 2 atom stereocenters. The van der Waals surface area contributed by atoms with E-state index in [2.05, 4.69) is 4.99 Å². The van der Waals surface area contributed by atoms with Crippen molar-refractivity contribution in [3.8, 4) is 0 Å². The second-order valence-corrected chi connectivity index (χ2v) is 10.8. The molecule has 0 spiro atoms. The molecule has 0 saturated carbocycles. The highest BCUT2D eigenvalue weighted by molar-refractivity contribution is 8.15. The highest BCUT2D eigenvalue weighted by Gasteiger charge is 2.48. The van der Waals surface area contributed by atoms with Crippen LogP contribution in [0.25, 0.3) is 0 Å². The number of benzene rings is 2. The maximum atomic E-state index is 12.5. The molecule has 0 N–H and O–H groups in total. The van der Waals surface area contributed by atoms with Gasteiger partial charge in [0.1, 0.15) is 0 Å². The Balaban J connectivity index is 1.57. The number of sulfone groups is 1. The first-order valence-corrected chi connectivity index (χ1v) is 12.0. The molecule has 2 aliphatic rings. The molecule has 4 rings (SSSR count). The molecule has 146 valence electrons. The molecule has 1 amide bonds. The summed E-state index contributed by atoms with van der Waals surface area (Å²) in [5.41, 5.74) is 1.91. The third-order valence-corrected chi connectivity index (χ3v) is 8.36. The Labute approximate surface area is 173 Å². The van der Waals surface area contributed by atoms with Gasteiger partial charge in [-0.3, -0.25) is 4.79 Å². The average molecular weight is 435 g/mol. The van der Waals surface area contributed by atoms with Crippen molar-refractivity contribution in [3.63, 3.8) is 0 Å². The van der Waals surface area contributed by atoms with Crippen LogP contribution in [0.5, 0.6) is 0 Å². The van der Waals surface area contributed by atoms with Crippen LogP contribution in [0.2, 0.25) is 5.02 Å². The molecule has 2 aromatic rings. The zero-order valence-corrected chi connectivity index (χ0v) is 17.4. The van der Waals surface area contributed by atoms with Crippen LogP contribution in [0.15, 0.2) is 59.6 Å². The second-order valence-electron chi connectivity index (χ2n) is 7.01. The lowest BCUT2D eigenvalue weighted by molar-refractivity contribution is -0.117. The molecular formula is C20H19ClN2O3S2. The largest absolute Gasteiger partial charge is 0.342 e. The Bertz CT molecular complexity index is 1010. The number of fused-ring (bicyclic) bond motifs is 1. The summed E-state index contributed by atoms with van der Waals surface area (Å²) in [5, 5.41) is 1.18. The molecule has 2 fully saturated rings. The molecule has 28 heavy (non-hydrogen) atoms. The van der Waals surface area contributed by atoms with E-state index in [0.717, 1.165) is 11.1 Å². The van der Waals surface area contributed by atoms with Gasteiger partial charge in [-0.1, -0.05) is 65.8 Å². The van der Waals surface area contributed by atoms with Crippen LogP contribution >= 0.6 is 23.4 Å². The van der Waals surface area contributed by atoms with Gasteiger partial charge >= 0.3 is 0 Å². The number of carbonyl (C=O) groups excluding carboxylic acids is 1. The summed E-state index contributed by atoms with van der Waals surface area (Å²) in [6.07, 6.45) is 0.229. The summed E-state index contributed by atoms with van der Waals surface area (Å²) >= 11 is 7.37. The van der Waals surface area contributed by atoms with Gasteiger partial charge in [0.05, 0.1) is 24.0 Å². The molecule has 2 aromatic carbocycles. The van der Waals surface area contributed by atoms with Crippen molar-refractivity contribution in [3.05, 3.63) is 70.7 Å². The number of hydrogen-bond donors (Lipinski definition) is 0. The second kappa shape index (κ2) is 7.89. The minimum Gasteiger partial charge on any atom is -0.342 e. The quantitative estimate of drug-likeness (QED) is 0.739. The Kier molecular flexibility index (Phi) is 5.49. The first kappa shape index (κ1) is 19.5. The number of nitrogens with zero attached hydrogens (tertiary/aromatic N) is 2. The van der Waals surface area contributed by atoms with Crippen molar-refractivity contribution in [1.82, 2.24) is 4.90 Å². The lowest BCUT2D eigenvalue weighted by Crippen LogP contribution is -2.37. The van der Waals surface area contributed by atoms with E-state index >= 15 is 0 Å². The molecular weight excluding hydrogens is 416 g/mol. The molecule has 0 bridgehead atoms. The van der Waals surface area contributed by atoms with Gasteiger partial charge < -0.3 is 4.90 Å². The van der Waals surface area contributed by atoms with Gasteiger partial charge in [-0.25, -0.2) is 8.42 Å². The van der Waals surface area contributed by atoms with Crippen molar-refractivity contribution >= 4 is 44.3 Å². The Morgan fingerprint density at radius 1 is 1.07 bits per heavy atom. The minimum atomic E-state index is -3.06. The van der Waals surface area contributed by atoms with Crippen molar-refractivity contribution in [2.75, 3.05) is 11.5 Å². The summed E-state index contributed by atoms with van der Waals surface area (Å²) in [6.45, 7) is 0.498. The summed E-state index contributed by atoms with van der Waals surface area (Å²) in [6, 6.07) is 16.8. The first-order chi connectivity index (χ1) is 13.4. The summed E-state index contributed by atoms with van der Waals surface area (Å²) < 4.78 is 24.2. The summed E-state index contributed by atoms with van der Waals surface area (Å²) in [7, 11) is -3.06. The van der Waals surface area contributed by atoms with E-state index in [1.807, 2.05) is 47.4 Å². The van der Waals surface area contributed by atoms with E-state index in [4.69, 9.17) is 11.6 Å². The van der Waals surface area contributed by atoms with Crippen LogP contribution < -0.4 is 0 Å². The fraction of sp³-hybridized carbons (Fsp3) is 0.300. The monoisotopic (exact) mass is 434 g/mol. The predicted molar refractivity (Wildman–Crippen MR) is 113 cm³/mol. The molecule has 0 aliphatic carbocycles. The average Bonchev–Trinajstić information content (AvgIpc) is 3.10. The number of carbonyl (C=O) groups is 1. The normalized spacial score (nSPS) is 24.5. The van der Waals surface area contributed by atoms with E-state index in [1.54, 1.807) is 12.1 Å². The zero-order chi connectivity index (χ0) is 19.7. The zero-order valence-electron chi connectivity index (χ0n) is 15.0. The number of hydrogen-bond acceptors (Lipinski definition) is 4. The predicted octanol–water partition coefficient (Wildman–Crippen LogP) is 3.18. The topological polar surface area (TPSA) is 66.8 Å². The number of thioether (sulfide) groups is 1. The third-order valence-electron chi connectivity index (χ3n) is 4.86. The Morgan fingerprint density at radius 2 is 1.79 bits per heavy atom. The molecule has 2 aliphatic heterocycles. The number of aliphatic imine (C=N–C) groups is 1. The van der Waals surface area contributed by atoms with E-state index in [1.165, 1.54) is 11.8 Å². The highest BCUT2D eigenvalue weighted by atomic mass is 35.5. The lowest BCUT2D eigenvalue weighted by Gasteiger charge is -2.24. The smallest absolute Gasteiger partial charge is 0.252 e. The van der Waals surface area contributed by atoms with Gasteiger partial charge in [0.15, 0.2) is 15.0 Å². The third kappa shape index (κ3) is 4.42. The van der Waals surface area contributed by atoms with E-state index in [9.17, 15) is 13.2 Å². The van der Waals surface area contributed by atoms with Crippen LogP contribution in [-0.2, 0) is 27.6 Å². The van der Waals surface area contributed by atoms with Gasteiger partial charge in [0, 0.05) is 16.8 Å². The lowest BCUT2D eigenvalue weighted by atomic mass is 10.1. The van der Waals surface area contributed by atoms with Gasteiger partial charge in [0.25, 0.3) is 5.91 Å². The van der Waals surface area contributed by atoms with Crippen LogP contribution in [0.3, 0.4) is 0 Å². The summed E-state index contributed by atoms with van der Waals surface area (Å²) in [5.74, 6) is 0.00724. The molecule has 2 unspecified atom stereocenters. The molecule has 2 saturated heterocycles. The molecule has 5 nitrogen and oxygen atoms in total. The van der Waals surface area contributed by atoms with Gasteiger partial charge in [-0.2, -0.15) is 4.99 Å². The number of amides is 1. The Morgan fingerprint density at radius 3 is 2.50 bits per heavy atom. The maximum absolute atomic E-state index is 12.5. The van der Waals surface area contributed by atoms with Crippen LogP contribution in [0, 0.1) is 0 Å². The van der Waals surface area contributed by atoms with E-state index in [-0.39, 0.29) is 35.1 Å². The van der Waals surface area contributed by atoms with Crippen LogP contribution in [-0.4, -0.2) is 47.2 Å². The molecule has 8 heteroatoms. The van der Waals surface area contributed by atoms with E-state index < -0.39 is 9.84 Å². The van der Waals surface area contributed by atoms with Crippen LogP contribution in [0.1, 0.15) is 11.1 Å². The highest BCUT2D eigenvalue weighted by Crippen LogP contribution is 2.39. The van der Waals surface area contributed by atoms with Gasteiger partial charge in [0.2, 0.25) is 0 Å². The van der Waals surface area contributed by atoms with Crippen molar-refractivity contribution < 1.29 is 13.2 Å². The van der Waals surface area contributed by atoms with Crippen molar-refractivity contribution in [1.29, 1.82) is 0 Å². The molecule has 0 radical (unpaired) electrons. The van der Waals surface area contributed by atoms with Crippen molar-refractivity contribution in [2.24, 2.45) is 4.99 Å². The van der Waals surface area contributed by atoms with Gasteiger partial charge in [-0.05, 0) is 23.3 Å². The molecule has 2 heterocycles. The maximum Gasteiger partial charge on any atom is 0.252 e. The molecule has 0 aromatic heterocycles. The number of rotatable bonds is 4. The Hall–Kier alpha value is -1.83. The minimum absolute atomic E-state index is 0.0828. The van der Waals surface area contributed by atoms with Crippen LogP contribution in [0.4, 0.5) is 0 Å². The number of amidine groups is 1. The fourth-order valence-electron chi connectivity index (χ4n) is 3.52. The first-order valence-electron chi connectivity index (χ1n) is 8.93. The fourth-order valence-corrected chi connectivity index (χ4v) is 7.62. The standard InChI is InChI=1S/C20H19ClN2O3S2/c21-16-8-6-15(7-9-16)11-23-17-12-28(25,26)13-18(17)27-20(23)22-19(24)10-14-4-2-1-3-5-14/h1-9,17-18H,10-13H2. The van der Waals surface area contributed by atoms with E-state index in [0.29, 0.717) is 16.7 Å². The van der Waals surface area contributed by atoms with Gasteiger partial charge in [-0.15, -0.1) is 0 Å². The summed E-state index contributed by atoms with van der Waals surface area (Å²) in [4.78, 5) is 18.8. The van der Waals surface area contributed by atoms with Crippen molar-refractivity contribution in [2.45, 2.75) is 24.3 Å².